The van der Waals surface area contributed by atoms with E-state index < -0.39 is 17.8 Å². The highest BCUT2D eigenvalue weighted by molar-refractivity contribution is 9.10. The summed E-state index contributed by atoms with van der Waals surface area (Å²) in [5.41, 5.74) is 4.76. The van der Waals surface area contributed by atoms with E-state index in [0.29, 0.717) is 28.7 Å². The van der Waals surface area contributed by atoms with Crippen LogP contribution in [0, 0.1) is 13.8 Å². The number of hydrogen-bond donors (Lipinski definition) is 1. The van der Waals surface area contributed by atoms with E-state index in [2.05, 4.69) is 21.2 Å². The van der Waals surface area contributed by atoms with E-state index in [1.165, 1.54) is 11.6 Å². The third-order valence-electron chi connectivity index (χ3n) is 6.75. The van der Waals surface area contributed by atoms with Gasteiger partial charge in [-0.3, -0.25) is 14.9 Å². The van der Waals surface area contributed by atoms with Gasteiger partial charge in [0, 0.05) is 15.1 Å². The standard InChI is InChI=1S/C33H26BrClN2O5/c1-20-3-4-23(15-21(20)2)19-42-30-14-9-26(35)16-24(30)17-29-31(38)36-33(40)37(32(29)39)27-10-12-28(13-11-27)41-18-22-5-7-25(34)8-6-22/h3-17H,18-19H2,1-2H3,(H,36,38,40)/b29-17+. The number of carbonyl (C=O) groups excluding carboxylic acids is 3. The minimum atomic E-state index is -0.844. The van der Waals surface area contributed by atoms with E-state index in [4.69, 9.17) is 21.1 Å². The van der Waals surface area contributed by atoms with Crippen molar-refractivity contribution in [1.29, 1.82) is 0 Å². The smallest absolute Gasteiger partial charge is 0.335 e. The Morgan fingerprint density at radius 3 is 2.21 bits per heavy atom. The number of nitrogens with one attached hydrogen (secondary N) is 1. The van der Waals surface area contributed by atoms with Gasteiger partial charge < -0.3 is 9.47 Å². The minimum Gasteiger partial charge on any atom is -0.489 e. The fourth-order valence-electron chi connectivity index (χ4n) is 4.30. The molecule has 1 N–H and O–H groups in total. The van der Waals surface area contributed by atoms with Gasteiger partial charge >= 0.3 is 6.03 Å². The van der Waals surface area contributed by atoms with Gasteiger partial charge in [-0.15, -0.1) is 0 Å². The van der Waals surface area contributed by atoms with Gasteiger partial charge in [0.05, 0.1) is 5.69 Å². The molecule has 0 aromatic heterocycles. The first-order valence-electron chi connectivity index (χ1n) is 13.1. The van der Waals surface area contributed by atoms with Crippen LogP contribution in [0.1, 0.15) is 27.8 Å². The number of benzene rings is 4. The molecule has 1 fully saturated rings. The Kier molecular flexibility index (Phi) is 8.75. The summed E-state index contributed by atoms with van der Waals surface area (Å²) in [5, 5.41) is 2.65. The lowest BCUT2D eigenvalue weighted by Gasteiger charge is -2.26. The molecule has 1 saturated heterocycles. The zero-order valence-electron chi connectivity index (χ0n) is 22.8. The molecule has 9 heteroatoms. The van der Waals surface area contributed by atoms with E-state index >= 15 is 0 Å². The number of anilines is 1. The van der Waals surface area contributed by atoms with Crippen molar-refractivity contribution in [2.24, 2.45) is 0 Å². The summed E-state index contributed by atoms with van der Waals surface area (Å²) in [7, 11) is 0. The average Bonchev–Trinajstić information content (AvgIpc) is 2.97. The van der Waals surface area contributed by atoms with Gasteiger partial charge in [0.2, 0.25) is 0 Å². The number of nitrogens with zero attached hydrogens (tertiary/aromatic N) is 1. The third-order valence-corrected chi connectivity index (χ3v) is 7.52. The first-order chi connectivity index (χ1) is 20.2. The quantitative estimate of drug-likeness (QED) is 0.158. The Hall–Kier alpha value is -4.40. The van der Waals surface area contributed by atoms with Crippen LogP contribution in [0.3, 0.4) is 0 Å². The number of barbiturate groups is 1. The van der Waals surface area contributed by atoms with E-state index in [1.54, 1.807) is 42.5 Å². The number of imide groups is 2. The number of urea groups is 1. The van der Waals surface area contributed by atoms with Crippen LogP contribution in [-0.2, 0) is 22.8 Å². The monoisotopic (exact) mass is 644 g/mol. The molecule has 7 nitrogen and oxygen atoms in total. The Morgan fingerprint density at radius 1 is 0.810 bits per heavy atom. The van der Waals surface area contributed by atoms with Gasteiger partial charge in [-0.25, -0.2) is 9.69 Å². The molecular formula is C33H26BrClN2O5. The summed E-state index contributed by atoms with van der Waals surface area (Å²) in [6, 6.07) is 24.4. The molecule has 1 aliphatic heterocycles. The van der Waals surface area contributed by atoms with E-state index in [0.717, 1.165) is 26.1 Å². The maximum atomic E-state index is 13.5. The summed E-state index contributed by atoms with van der Waals surface area (Å²) < 4.78 is 12.8. The van der Waals surface area contributed by atoms with Gasteiger partial charge in [0.1, 0.15) is 30.3 Å². The number of ether oxygens (including phenoxy) is 2. The number of halogens is 2. The molecule has 42 heavy (non-hydrogen) atoms. The normalized spacial score (nSPS) is 14.2. The van der Waals surface area contributed by atoms with Crippen molar-refractivity contribution in [3.8, 4) is 11.5 Å². The van der Waals surface area contributed by atoms with Crippen LogP contribution in [0.2, 0.25) is 5.02 Å². The van der Waals surface area contributed by atoms with Crippen molar-refractivity contribution in [3.05, 3.63) is 128 Å². The molecule has 1 heterocycles. The van der Waals surface area contributed by atoms with Crippen LogP contribution in [0.25, 0.3) is 6.08 Å². The Morgan fingerprint density at radius 2 is 1.50 bits per heavy atom. The number of amides is 4. The Balaban J connectivity index is 1.35. The third kappa shape index (κ3) is 6.73. The van der Waals surface area contributed by atoms with Gasteiger partial charge in [0.15, 0.2) is 0 Å². The average molecular weight is 646 g/mol. The molecule has 0 bridgehead atoms. The van der Waals surface area contributed by atoms with Crippen molar-refractivity contribution < 1.29 is 23.9 Å². The van der Waals surface area contributed by atoms with Crippen LogP contribution < -0.4 is 19.7 Å². The van der Waals surface area contributed by atoms with E-state index in [-0.39, 0.29) is 17.9 Å². The van der Waals surface area contributed by atoms with E-state index in [1.807, 2.05) is 56.3 Å². The lowest BCUT2D eigenvalue weighted by Crippen LogP contribution is -2.54. The second kappa shape index (κ2) is 12.6. The SMILES string of the molecule is Cc1ccc(COc2ccc(Cl)cc2/C=C2\C(=O)NC(=O)N(c3ccc(OCc4ccc(Br)cc4)cc3)C2=O)cc1C. The maximum Gasteiger partial charge on any atom is 0.335 e. The number of hydrogen-bond acceptors (Lipinski definition) is 5. The number of carbonyl (C=O) groups is 3. The van der Waals surface area contributed by atoms with Crippen LogP contribution in [-0.4, -0.2) is 17.8 Å². The van der Waals surface area contributed by atoms with Crippen LogP contribution >= 0.6 is 27.5 Å². The zero-order valence-corrected chi connectivity index (χ0v) is 25.2. The first-order valence-corrected chi connectivity index (χ1v) is 14.2. The summed E-state index contributed by atoms with van der Waals surface area (Å²) >= 11 is 9.65. The van der Waals surface area contributed by atoms with Crippen LogP contribution in [0.15, 0.2) is 95.0 Å². The summed E-state index contributed by atoms with van der Waals surface area (Å²) in [5.74, 6) is -0.590. The van der Waals surface area contributed by atoms with Crippen molar-refractivity contribution in [2.45, 2.75) is 27.1 Å². The van der Waals surface area contributed by atoms with Crippen molar-refractivity contribution in [1.82, 2.24) is 5.32 Å². The van der Waals surface area contributed by atoms with Crippen LogP contribution in [0.5, 0.6) is 11.5 Å². The molecule has 4 aromatic carbocycles. The first kappa shape index (κ1) is 29.1. The second-order valence-corrected chi connectivity index (χ2v) is 11.1. The van der Waals surface area contributed by atoms with Gasteiger partial charge in [-0.05, 0) is 96.8 Å². The lowest BCUT2D eigenvalue weighted by molar-refractivity contribution is -0.122. The maximum absolute atomic E-state index is 13.5. The largest absolute Gasteiger partial charge is 0.489 e. The minimum absolute atomic E-state index is 0.233. The fourth-order valence-corrected chi connectivity index (χ4v) is 4.75. The lowest BCUT2D eigenvalue weighted by atomic mass is 10.1. The highest BCUT2D eigenvalue weighted by Crippen LogP contribution is 2.29. The fraction of sp³-hybridized carbons (Fsp3) is 0.121. The van der Waals surface area contributed by atoms with Crippen molar-refractivity contribution in [2.75, 3.05) is 4.90 Å². The molecule has 0 atom stereocenters. The van der Waals surface area contributed by atoms with Gasteiger partial charge in [-0.2, -0.15) is 0 Å². The summed E-state index contributed by atoms with van der Waals surface area (Å²) in [6.07, 6.45) is 1.38. The van der Waals surface area contributed by atoms with Crippen molar-refractivity contribution >= 4 is 57.1 Å². The molecular weight excluding hydrogens is 620 g/mol. The highest BCUT2D eigenvalue weighted by atomic mass is 79.9. The Labute approximate surface area is 256 Å². The summed E-state index contributed by atoms with van der Waals surface area (Å²) in [4.78, 5) is 39.9. The molecule has 0 unspecified atom stereocenters. The van der Waals surface area contributed by atoms with Gasteiger partial charge in [-0.1, -0.05) is 57.9 Å². The highest BCUT2D eigenvalue weighted by Gasteiger charge is 2.37. The van der Waals surface area contributed by atoms with E-state index in [9.17, 15) is 14.4 Å². The predicted octanol–water partition coefficient (Wildman–Crippen LogP) is 7.54. The van der Waals surface area contributed by atoms with Crippen molar-refractivity contribution in [3.63, 3.8) is 0 Å². The predicted molar refractivity (Wildman–Crippen MR) is 166 cm³/mol. The molecule has 0 radical (unpaired) electrons. The molecule has 5 rings (SSSR count). The Bertz CT molecular complexity index is 1700. The molecule has 4 aromatic rings. The second-order valence-electron chi connectivity index (χ2n) is 9.76. The van der Waals surface area contributed by atoms with Gasteiger partial charge in [0.25, 0.3) is 11.8 Å². The van der Waals surface area contributed by atoms with Crippen LogP contribution in [0.4, 0.5) is 10.5 Å². The molecule has 0 aliphatic carbocycles. The molecule has 1 aliphatic rings. The zero-order chi connectivity index (χ0) is 29.8. The molecule has 212 valence electrons. The molecule has 4 amide bonds. The summed E-state index contributed by atoms with van der Waals surface area (Å²) in [6.45, 7) is 4.70. The molecule has 0 spiro atoms. The number of rotatable bonds is 8. The molecule has 0 saturated carbocycles. The number of aryl methyl sites for hydroxylation is 2. The topological polar surface area (TPSA) is 84.9 Å².